The first-order valence-electron chi connectivity index (χ1n) is 7.32. The van der Waals surface area contributed by atoms with Crippen molar-refractivity contribution in [3.8, 4) is 11.5 Å². The molecule has 112 valence electrons. The van der Waals surface area contributed by atoms with Crippen LogP contribution in [-0.2, 0) is 6.42 Å². The zero-order chi connectivity index (χ0) is 14.7. The monoisotopic (exact) mass is 278 g/mol. The molecular formula is C16H26N2O2. The molecule has 0 radical (unpaired) electrons. The van der Waals surface area contributed by atoms with Crippen LogP contribution in [0.1, 0.15) is 25.8 Å². The van der Waals surface area contributed by atoms with Crippen molar-refractivity contribution in [2.45, 2.75) is 32.7 Å². The van der Waals surface area contributed by atoms with Crippen LogP contribution in [0.25, 0.3) is 0 Å². The summed E-state index contributed by atoms with van der Waals surface area (Å²) in [6.45, 7) is 6.20. The second kappa shape index (κ2) is 6.35. The maximum atomic E-state index is 5.99. The molecule has 20 heavy (non-hydrogen) atoms. The summed E-state index contributed by atoms with van der Waals surface area (Å²) in [4.78, 5) is 2.43. The molecule has 1 atom stereocenters. The number of hydrogen-bond acceptors (Lipinski definition) is 4. The van der Waals surface area contributed by atoms with Gasteiger partial charge in [-0.1, -0.05) is 13.8 Å². The van der Waals surface area contributed by atoms with Crippen molar-refractivity contribution in [3.05, 3.63) is 17.7 Å². The SMILES string of the molecule is COc1cc2c(cc1OC)N([C@H](CN)CC(C)C)CC2. The third kappa shape index (κ3) is 2.85. The number of fused-ring (bicyclic) bond motifs is 1. The summed E-state index contributed by atoms with van der Waals surface area (Å²) in [5.41, 5.74) is 8.56. The number of hydrogen-bond donors (Lipinski definition) is 1. The predicted octanol–water partition coefficient (Wildman–Crippen LogP) is 2.44. The van der Waals surface area contributed by atoms with Crippen LogP contribution in [0.3, 0.4) is 0 Å². The van der Waals surface area contributed by atoms with Gasteiger partial charge in [0.1, 0.15) is 0 Å². The van der Waals surface area contributed by atoms with Crippen LogP contribution in [-0.4, -0.2) is 33.4 Å². The van der Waals surface area contributed by atoms with E-state index >= 15 is 0 Å². The minimum atomic E-state index is 0.398. The van der Waals surface area contributed by atoms with Crippen molar-refractivity contribution in [2.24, 2.45) is 11.7 Å². The molecule has 0 bridgehead atoms. The molecule has 4 heteroatoms. The van der Waals surface area contributed by atoms with E-state index in [1.54, 1.807) is 14.2 Å². The molecule has 0 saturated heterocycles. The van der Waals surface area contributed by atoms with E-state index in [-0.39, 0.29) is 0 Å². The number of rotatable bonds is 6. The van der Waals surface area contributed by atoms with Gasteiger partial charge in [0.15, 0.2) is 11.5 Å². The summed E-state index contributed by atoms with van der Waals surface area (Å²) < 4.78 is 10.8. The molecule has 1 aliphatic rings. The van der Waals surface area contributed by atoms with Gasteiger partial charge in [-0.25, -0.2) is 0 Å². The highest BCUT2D eigenvalue weighted by molar-refractivity contribution is 5.65. The summed E-state index contributed by atoms with van der Waals surface area (Å²) in [5.74, 6) is 2.24. The molecule has 0 spiro atoms. The maximum Gasteiger partial charge on any atom is 0.162 e. The molecule has 1 heterocycles. The lowest BCUT2D eigenvalue weighted by Gasteiger charge is -2.31. The normalized spacial score (nSPS) is 15.4. The third-order valence-corrected chi connectivity index (χ3v) is 3.97. The molecule has 0 unspecified atom stereocenters. The Morgan fingerprint density at radius 1 is 1.20 bits per heavy atom. The zero-order valence-corrected chi connectivity index (χ0v) is 13.0. The fourth-order valence-electron chi connectivity index (χ4n) is 3.01. The van der Waals surface area contributed by atoms with Crippen LogP contribution in [0.4, 0.5) is 5.69 Å². The average molecular weight is 278 g/mol. The van der Waals surface area contributed by atoms with Crippen LogP contribution in [0.2, 0.25) is 0 Å². The molecule has 0 fully saturated rings. The second-order valence-electron chi connectivity index (χ2n) is 5.80. The van der Waals surface area contributed by atoms with Crippen molar-refractivity contribution >= 4 is 5.69 Å². The summed E-state index contributed by atoms with van der Waals surface area (Å²) in [5, 5.41) is 0. The van der Waals surface area contributed by atoms with Crippen molar-refractivity contribution in [1.29, 1.82) is 0 Å². The van der Waals surface area contributed by atoms with Gasteiger partial charge in [0.05, 0.1) is 14.2 Å². The third-order valence-electron chi connectivity index (χ3n) is 3.97. The van der Waals surface area contributed by atoms with Crippen molar-refractivity contribution in [2.75, 3.05) is 32.2 Å². The molecule has 2 rings (SSSR count). The Kier molecular flexibility index (Phi) is 4.76. The van der Waals surface area contributed by atoms with Gasteiger partial charge in [0, 0.05) is 30.9 Å². The van der Waals surface area contributed by atoms with Gasteiger partial charge in [-0.05, 0) is 30.4 Å². The minimum Gasteiger partial charge on any atom is -0.493 e. The first kappa shape index (κ1) is 15.0. The first-order chi connectivity index (χ1) is 9.60. The standard InChI is InChI=1S/C16H26N2O2/c1-11(2)7-13(10-17)18-6-5-12-8-15(19-3)16(20-4)9-14(12)18/h8-9,11,13H,5-7,10,17H2,1-4H3/t13-/m0/s1. The highest BCUT2D eigenvalue weighted by atomic mass is 16.5. The van der Waals surface area contributed by atoms with Gasteiger partial charge in [-0.2, -0.15) is 0 Å². The van der Waals surface area contributed by atoms with Gasteiger partial charge in [0.2, 0.25) is 0 Å². The molecule has 4 nitrogen and oxygen atoms in total. The van der Waals surface area contributed by atoms with E-state index in [0.29, 0.717) is 18.5 Å². The Balaban J connectivity index is 2.31. The van der Waals surface area contributed by atoms with Gasteiger partial charge in [-0.15, -0.1) is 0 Å². The Morgan fingerprint density at radius 2 is 1.85 bits per heavy atom. The highest BCUT2D eigenvalue weighted by Crippen LogP contribution is 2.39. The summed E-state index contributed by atoms with van der Waals surface area (Å²) in [7, 11) is 3.36. The van der Waals surface area contributed by atoms with E-state index in [2.05, 4.69) is 30.9 Å². The van der Waals surface area contributed by atoms with Gasteiger partial charge < -0.3 is 20.1 Å². The molecule has 0 aliphatic carbocycles. The van der Waals surface area contributed by atoms with E-state index in [0.717, 1.165) is 30.9 Å². The van der Waals surface area contributed by atoms with Crippen LogP contribution >= 0.6 is 0 Å². The Morgan fingerprint density at radius 3 is 2.40 bits per heavy atom. The molecule has 1 aromatic rings. The fourth-order valence-corrected chi connectivity index (χ4v) is 3.01. The largest absolute Gasteiger partial charge is 0.493 e. The van der Waals surface area contributed by atoms with Crippen LogP contribution < -0.4 is 20.1 Å². The van der Waals surface area contributed by atoms with Crippen molar-refractivity contribution in [3.63, 3.8) is 0 Å². The van der Waals surface area contributed by atoms with Gasteiger partial charge >= 0.3 is 0 Å². The number of nitrogens with zero attached hydrogens (tertiary/aromatic N) is 1. The van der Waals surface area contributed by atoms with E-state index < -0.39 is 0 Å². The first-order valence-corrected chi connectivity index (χ1v) is 7.32. The van der Waals surface area contributed by atoms with Gasteiger partial charge in [-0.3, -0.25) is 0 Å². The fraction of sp³-hybridized carbons (Fsp3) is 0.625. The highest BCUT2D eigenvalue weighted by Gasteiger charge is 2.27. The zero-order valence-electron chi connectivity index (χ0n) is 13.0. The van der Waals surface area contributed by atoms with E-state index in [1.807, 2.05) is 0 Å². The van der Waals surface area contributed by atoms with E-state index in [1.165, 1.54) is 11.3 Å². The summed E-state index contributed by atoms with van der Waals surface area (Å²) in [6, 6.07) is 4.58. The Bertz CT molecular complexity index is 460. The van der Waals surface area contributed by atoms with Crippen molar-refractivity contribution < 1.29 is 9.47 Å². The molecule has 1 aliphatic heterocycles. The number of anilines is 1. The lowest BCUT2D eigenvalue weighted by molar-refractivity contribution is 0.354. The number of benzene rings is 1. The molecule has 0 aromatic heterocycles. The van der Waals surface area contributed by atoms with E-state index in [9.17, 15) is 0 Å². The maximum absolute atomic E-state index is 5.99. The second-order valence-corrected chi connectivity index (χ2v) is 5.80. The van der Waals surface area contributed by atoms with Gasteiger partial charge in [0.25, 0.3) is 0 Å². The molecule has 2 N–H and O–H groups in total. The molecule has 1 aromatic carbocycles. The Hall–Kier alpha value is -1.42. The number of nitrogens with two attached hydrogens (primary N) is 1. The smallest absolute Gasteiger partial charge is 0.162 e. The number of methoxy groups -OCH3 is 2. The Labute approximate surface area is 121 Å². The minimum absolute atomic E-state index is 0.398. The van der Waals surface area contributed by atoms with Crippen LogP contribution in [0.5, 0.6) is 11.5 Å². The van der Waals surface area contributed by atoms with Crippen LogP contribution in [0.15, 0.2) is 12.1 Å². The van der Waals surface area contributed by atoms with Crippen LogP contribution in [0, 0.1) is 5.92 Å². The summed E-state index contributed by atoms with van der Waals surface area (Å²) in [6.07, 6.45) is 2.16. The summed E-state index contributed by atoms with van der Waals surface area (Å²) >= 11 is 0. The predicted molar refractivity (Wildman–Crippen MR) is 82.9 cm³/mol. The lowest BCUT2D eigenvalue weighted by atomic mass is 10.0. The van der Waals surface area contributed by atoms with E-state index in [4.69, 9.17) is 15.2 Å². The topological polar surface area (TPSA) is 47.7 Å². The number of ether oxygens (including phenoxy) is 2. The van der Waals surface area contributed by atoms with Crippen molar-refractivity contribution in [1.82, 2.24) is 0 Å². The molecular weight excluding hydrogens is 252 g/mol. The quantitative estimate of drug-likeness (QED) is 0.868. The molecule has 0 saturated carbocycles. The lowest BCUT2D eigenvalue weighted by Crippen LogP contribution is -2.40. The molecule has 0 amide bonds. The average Bonchev–Trinajstić information content (AvgIpc) is 2.85.